The largest absolute Gasteiger partial charge is 0.465 e. The first-order valence-corrected chi connectivity index (χ1v) is 9.49. The third kappa shape index (κ3) is 4.66. The Morgan fingerprint density at radius 2 is 2.04 bits per heavy atom. The standard InChI is InChI=1S/C15H20ClFN2O4S/c1-2-23-15(20)11-18-6-3-7-19(9-8-18)24(21,22)14-10-12(17)4-5-13(14)16/h4-5,10H,2-3,6-9,11H2,1H3. The number of halogens is 2. The molecule has 0 amide bonds. The van der Waals surface area contributed by atoms with Crippen LogP contribution in [0.15, 0.2) is 23.1 Å². The van der Waals surface area contributed by atoms with Crippen molar-refractivity contribution in [2.24, 2.45) is 0 Å². The number of esters is 1. The van der Waals surface area contributed by atoms with Crippen LogP contribution in [-0.2, 0) is 19.6 Å². The number of carbonyl (C=O) groups excluding carboxylic acids is 1. The Morgan fingerprint density at radius 1 is 1.29 bits per heavy atom. The Bertz CT molecular complexity index is 699. The van der Waals surface area contributed by atoms with Gasteiger partial charge in [-0.2, -0.15) is 4.31 Å². The zero-order valence-electron chi connectivity index (χ0n) is 13.4. The lowest BCUT2D eigenvalue weighted by atomic mass is 10.3. The second kappa shape index (κ2) is 8.24. The topological polar surface area (TPSA) is 66.9 Å². The summed E-state index contributed by atoms with van der Waals surface area (Å²) in [4.78, 5) is 13.2. The first-order chi connectivity index (χ1) is 11.3. The van der Waals surface area contributed by atoms with Gasteiger partial charge in [0.05, 0.1) is 18.2 Å². The highest BCUT2D eigenvalue weighted by Crippen LogP contribution is 2.26. The predicted molar refractivity (Wildman–Crippen MR) is 87.9 cm³/mol. The molecule has 1 aromatic carbocycles. The van der Waals surface area contributed by atoms with Crippen molar-refractivity contribution in [2.75, 3.05) is 39.3 Å². The molecule has 1 aromatic rings. The molecule has 1 aliphatic rings. The zero-order chi connectivity index (χ0) is 17.7. The lowest BCUT2D eigenvalue weighted by molar-refractivity contribution is -0.144. The van der Waals surface area contributed by atoms with Gasteiger partial charge in [0.15, 0.2) is 0 Å². The molecule has 0 spiro atoms. The van der Waals surface area contributed by atoms with Gasteiger partial charge in [0, 0.05) is 26.2 Å². The van der Waals surface area contributed by atoms with E-state index in [0.717, 1.165) is 12.1 Å². The van der Waals surface area contributed by atoms with Crippen molar-refractivity contribution in [1.82, 2.24) is 9.21 Å². The summed E-state index contributed by atoms with van der Waals surface area (Å²) in [6.45, 7) is 3.64. The summed E-state index contributed by atoms with van der Waals surface area (Å²) >= 11 is 5.93. The molecule has 6 nitrogen and oxygen atoms in total. The van der Waals surface area contributed by atoms with E-state index in [-0.39, 0.29) is 35.5 Å². The second-order valence-electron chi connectivity index (χ2n) is 5.41. The van der Waals surface area contributed by atoms with Crippen LogP contribution in [0.4, 0.5) is 4.39 Å². The Labute approximate surface area is 146 Å². The molecule has 0 bridgehead atoms. The van der Waals surface area contributed by atoms with Crippen molar-refractivity contribution < 1.29 is 22.3 Å². The minimum absolute atomic E-state index is 0.0102. The molecule has 0 aliphatic carbocycles. The monoisotopic (exact) mass is 378 g/mol. The van der Waals surface area contributed by atoms with E-state index in [4.69, 9.17) is 16.3 Å². The summed E-state index contributed by atoms with van der Waals surface area (Å²) in [7, 11) is -3.88. The molecular formula is C15H20ClFN2O4S. The molecular weight excluding hydrogens is 359 g/mol. The number of nitrogens with zero attached hydrogens (tertiary/aromatic N) is 2. The number of rotatable bonds is 5. The number of hydrogen-bond donors (Lipinski definition) is 0. The Kier molecular flexibility index (Phi) is 6.56. The summed E-state index contributed by atoms with van der Waals surface area (Å²) in [5.74, 6) is -0.987. The molecule has 1 fully saturated rings. The normalized spacial score (nSPS) is 17.5. The fraction of sp³-hybridized carbons (Fsp3) is 0.533. The van der Waals surface area contributed by atoms with Crippen molar-refractivity contribution >= 4 is 27.6 Å². The molecule has 0 N–H and O–H groups in total. The predicted octanol–water partition coefficient (Wildman–Crippen LogP) is 1.74. The lowest BCUT2D eigenvalue weighted by Crippen LogP contribution is -2.37. The van der Waals surface area contributed by atoms with Gasteiger partial charge in [-0.25, -0.2) is 12.8 Å². The quantitative estimate of drug-likeness (QED) is 0.730. The van der Waals surface area contributed by atoms with Gasteiger partial charge in [-0.15, -0.1) is 0 Å². The van der Waals surface area contributed by atoms with E-state index in [1.807, 2.05) is 4.90 Å². The highest BCUT2D eigenvalue weighted by atomic mass is 35.5. The van der Waals surface area contributed by atoms with Gasteiger partial charge in [0.1, 0.15) is 10.7 Å². The SMILES string of the molecule is CCOC(=O)CN1CCCN(S(=O)(=O)c2cc(F)ccc2Cl)CC1. The van der Waals surface area contributed by atoms with Crippen LogP contribution in [0.3, 0.4) is 0 Å². The van der Waals surface area contributed by atoms with Gasteiger partial charge in [0.25, 0.3) is 0 Å². The van der Waals surface area contributed by atoms with Crippen LogP contribution in [0.25, 0.3) is 0 Å². The second-order valence-corrected chi connectivity index (χ2v) is 7.73. The van der Waals surface area contributed by atoms with Gasteiger partial charge in [-0.1, -0.05) is 11.6 Å². The molecule has 2 rings (SSSR count). The van der Waals surface area contributed by atoms with E-state index in [0.29, 0.717) is 26.1 Å². The molecule has 0 aromatic heterocycles. The third-order valence-corrected chi connectivity index (χ3v) is 6.10. The molecule has 134 valence electrons. The number of hydrogen-bond acceptors (Lipinski definition) is 5. The smallest absolute Gasteiger partial charge is 0.320 e. The molecule has 24 heavy (non-hydrogen) atoms. The first-order valence-electron chi connectivity index (χ1n) is 7.67. The molecule has 0 unspecified atom stereocenters. The highest BCUT2D eigenvalue weighted by molar-refractivity contribution is 7.89. The van der Waals surface area contributed by atoms with Crippen molar-refractivity contribution in [3.63, 3.8) is 0 Å². The molecule has 9 heteroatoms. The Hall–Kier alpha value is -1.22. The highest BCUT2D eigenvalue weighted by Gasteiger charge is 2.29. The zero-order valence-corrected chi connectivity index (χ0v) is 14.9. The van der Waals surface area contributed by atoms with E-state index in [1.165, 1.54) is 10.4 Å². The van der Waals surface area contributed by atoms with Crippen LogP contribution in [-0.4, -0.2) is 62.9 Å². The number of sulfonamides is 1. The molecule has 1 saturated heterocycles. The minimum Gasteiger partial charge on any atom is -0.465 e. The number of ether oxygens (including phenoxy) is 1. The number of benzene rings is 1. The van der Waals surface area contributed by atoms with E-state index >= 15 is 0 Å². The van der Waals surface area contributed by atoms with E-state index < -0.39 is 15.8 Å². The Balaban J connectivity index is 2.10. The average Bonchev–Trinajstić information content (AvgIpc) is 2.76. The van der Waals surface area contributed by atoms with Crippen molar-refractivity contribution in [2.45, 2.75) is 18.2 Å². The van der Waals surface area contributed by atoms with Gasteiger partial charge >= 0.3 is 5.97 Å². The fourth-order valence-corrected chi connectivity index (χ4v) is 4.50. The molecule has 0 saturated carbocycles. The summed E-state index contributed by atoms with van der Waals surface area (Å²) in [5, 5.41) is -0.0102. The van der Waals surface area contributed by atoms with Crippen LogP contribution in [0.2, 0.25) is 5.02 Å². The number of carbonyl (C=O) groups is 1. The molecule has 0 radical (unpaired) electrons. The van der Waals surface area contributed by atoms with Gasteiger partial charge in [0.2, 0.25) is 10.0 Å². The molecule has 1 heterocycles. The summed E-state index contributed by atoms with van der Waals surface area (Å²) in [6.07, 6.45) is 0.561. The van der Waals surface area contributed by atoms with Gasteiger partial charge in [-0.3, -0.25) is 9.69 Å². The lowest BCUT2D eigenvalue weighted by Gasteiger charge is -2.21. The van der Waals surface area contributed by atoms with E-state index in [1.54, 1.807) is 6.92 Å². The minimum atomic E-state index is -3.88. The maximum Gasteiger partial charge on any atom is 0.320 e. The van der Waals surface area contributed by atoms with Crippen LogP contribution in [0.1, 0.15) is 13.3 Å². The first kappa shape index (κ1) is 19.1. The molecule has 1 aliphatic heterocycles. The van der Waals surface area contributed by atoms with Crippen LogP contribution in [0.5, 0.6) is 0 Å². The fourth-order valence-electron chi connectivity index (χ4n) is 2.55. The van der Waals surface area contributed by atoms with E-state index in [9.17, 15) is 17.6 Å². The van der Waals surface area contributed by atoms with Crippen LogP contribution >= 0.6 is 11.6 Å². The average molecular weight is 379 g/mol. The van der Waals surface area contributed by atoms with Gasteiger partial charge < -0.3 is 4.74 Å². The van der Waals surface area contributed by atoms with Gasteiger partial charge in [-0.05, 0) is 31.5 Å². The van der Waals surface area contributed by atoms with Crippen molar-refractivity contribution in [3.05, 3.63) is 29.0 Å². The third-order valence-electron chi connectivity index (χ3n) is 3.72. The van der Waals surface area contributed by atoms with Crippen LogP contribution in [0, 0.1) is 5.82 Å². The molecule has 0 atom stereocenters. The summed E-state index contributed by atoms with van der Waals surface area (Å²) in [6, 6.07) is 3.28. The van der Waals surface area contributed by atoms with Crippen LogP contribution < -0.4 is 0 Å². The summed E-state index contributed by atoms with van der Waals surface area (Å²) < 4.78 is 45.0. The van der Waals surface area contributed by atoms with Crippen molar-refractivity contribution in [3.8, 4) is 0 Å². The van der Waals surface area contributed by atoms with Crippen molar-refractivity contribution in [1.29, 1.82) is 0 Å². The van der Waals surface area contributed by atoms with E-state index in [2.05, 4.69) is 0 Å². The summed E-state index contributed by atoms with van der Waals surface area (Å²) in [5.41, 5.74) is 0. The maximum atomic E-state index is 13.4. The Morgan fingerprint density at radius 3 is 2.75 bits per heavy atom. The maximum absolute atomic E-state index is 13.4.